The van der Waals surface area contributed by atoms with Gasteiger partial charge in [-0.15, -0.1) is 0 Å². The van der Waals surface area contributed by atoms with Gasteiger partial charge in [-0.25, -0.2) is 4.98 Å². The third kappa shape index (κ3) is 6.08. The summed E-state index contributed by atoms with van der Waals surface area (Å²) in [6.45, 7) is 5.86. The molecule has 0 aliphatic carbocycles. The third-order valence-corrected chi connectivity index (χ3v) is 5.24. The van der Waals surface area contributed by atoms with Gasteiger partial charge >= 0.3 is 0 Å². The predicted octanol–water partition coefficient (Wildman–Crippen LogP) is 2.03. The molecule has 1 fully saturated rings. The Morgan fingerprint density at radius 2 is 1.96 bits per heavy atom. The average Bonchev–Trinajstić information content (AvgIpc) is 2.67. The van der Waals surface area contributed by atoms with E-state index < -0.39 is 0 Å². The van der Waals surface area contributed by atoms with E-state index in [4.69, 9.17) is 0 Å². The van der Waals surface area contributed by atoms with Crippen molar-refractivity contribution in [3.8, 4) is 0 Å². The number of H-pyrrole nitrogens is 1. The van der Waals surface area contributed by atoms with E-state index in [0.717, 1.165) is 32.7 Å². The van der Waals surface area contributed by atoms with E-state index in [-0.39, 0.29) is 11.5 Å². The molecule has 2 heterocycles. The molecule has 27 heavy (non-hydrogen) atoms. The number of nitrogens with zero attached hydrogens (tertiary/aromatic N) is 3. The number of thioether (sulfide) groups is 1. The number of benzene rings is 1. The van der Waals surface area contributed by atoms with Crippen LogP contribution in [0.25, 0.3) is 6.08 Å². The molecule has 1 saturated heterocycles. The van der Waals surface area contributed by atoms with E-state index in [1.807, 2.05) is 23.1 Å². The maximum absolute atomic E-state index is 12.4. The number of carbonyl (C=O) groups excluding carboxylic acids is 1. The molecule has 2 aromatic rings. The molecule has 0 atom stereocenters. The van der Waals surface area contributed by atoms with Gasteiger partial charge in [-0.3, -0.25) is 14.5 Å². The minimum atomic E-state index is -0.186. The molecule has 0 unspecified atom stereocenters. The Balaban J connectivity index is 1.41. The Kier molecular flexibility index (Phi) is 6.84. The van der Waals surface area contributed by atoms with E-state index in [1.165, 1.54) is 23.4 Å². The normalized spacial score (nSPS) is 15.4. The number of nitrogens with one attached hydrogen (secondary N) is 1. The smallest absolute Gasteiger partial charge is 0.251 e. The molecule has 0 radical (unpaired) electrons. The van der Waals surface area contributed by atoms with Gasteiger partial charge in [0.2, 0.25) is 5.91 Å². The van der Waals surface area contributed by atoms with Gasteiger partial charge in [-0.05, 0) is 12.5 Å². The predicted molar refractivity (Wildman–Crippen MR) is 109 cm³/mol. The first-order chi connectivity index (χ1) is 13.1. The summed E-state index contributed by atoms with van der Waals surface area (Å²) in [7, 11) is 0. The van der Waals surface area contributed by atoms with E-state index >= 15 is 0 Å². The molecular weight excluding hydrogens is 360 g/mol. The summed E-state index contributed by atoms with van der Waals surface area (Å²) in [5.41, 5.74) is 1.67. The maximum atomic E-state index is 12.4. The molecule has 1 aromatic heterocycles. The molecule has 1 aromatic carbocycles. The second kappa shape index (κ2) is 9.53. The number of piperazine rings is 1. The van der Waals surface area contributed by atoms with Crippen molar-refractivity contribution in [2.45, 2.75) is 12.1 Å². The molecule has 1 aliphatic rings. The topological polar surface area (TPSA) is 69.3 Å². The lowest BCUT2D eigenvalue weighted by Crippen LogP contribution is -2.49. The van der Waals surface area contributed by atoms with E-state index in [2.05, 4.69) is 39.2 Å². The van der Waals surface area contributed by atoms with Crippen LogP contribution in [0.3, 0.4) is 0 Å². The van der Waals surface area contributed by atoms with Gasteiger partial charge in [0.15, 0.2) is 5.16 Å². The van der Waals surface area contributed by atoms with Crippen molar-refractivity contribution < 1.29 is 4.79 Å². The van der Waals surface area contributed by atoms with Crippen LogP contribution in [-0.4, -0.2) is 64.2 Å². The molecule has 6 nitrogen and oxygen atoms in total. The highest BCUT2D eigenvalue weighted by atomic mass is 32.2. The summed E-state index contributed by atoms with van der Waals surface area (Å²) < 4.78 is 0. The number of hydrogen-bond donors (Lipinski definition) is 1. The number of rotatable bonds is 6. The Bertz CT molecular complexity index is 843. The van der Waals surface area contributed by atoms with Crippen LogP contribution in [0, 0.1) is 6.92 Å². The standard InChI is InChI=1S/C20H24N4O2S/c1-16-14-18(25)22-20(21-16)27-15-19(26)24-12-10-23(11-13-24)9-5-8-17-6-3-2-4-7-17/h2-8,14H,9-13,15H2,1H3,(H,21,22,25)/b8-5-. The van der Waals surface area contributed by atoms with Crippen molar-refractivity contribution in [2.24, 2.45) is 0 Å². The van der Waals surface area contributed by atoms with Gasteiger partial charge in [-0.2, -0.15) is 0 Å². The van der Waals surface area contributed by atoms with Crippen molar-refractivity contribution in [3.05, 3.63) is 64.1 Å². The lowest BCUT2D eigenvalue weighted by atomic mass is 10.2. The summed E-state index contributed by atoms with van der Waals surface area (Å²) in [5, 5.41) is 0.498. The van der Waals surface area contributed by atoms with E-state index in [9.17, 15) is 9.59 Å². The zero-order valence-electron chi connectivity index (χ0n) is 15.4. The van der Waals surface area contributed by atoms with Gasteiger partial charge in [-0.1, -0.05) is 54.2 Å². The van der Waals surface area contributed by atoms with Crippen LogP contribution in [-0.2, 0) is 4.79 Å². The van der Waals surface area contributed by atoms with Crippen molar-refractivity contribution in [2.75, 3.05) is 38.5 Å². The van der Waals surface area contributed by atoms with Crippen LogP contribution in [0.5, 0.6) is 0 Å². The maximum Gasteiger partial charge on any atom is 0.251 e. The molecule has 1 amide bonds. The van der Waals surface area contributed by atoms with Gasteiger partial charge in [0.1, 0.15) is 0 Å². The Labute approximate surface area is 163 Å². The highest BCUT2D eigenvalue weighted by Crippen LogP contribution is 2.13. The van der Waals surface area contributed by atoms with Crippen LogP contribution >= 0.6 is 11.8 Å². The Morgan fingerprint density at radius 1 is 1.22 bits per heavy atom. The van der Waals surface area contributed by atoms with Crippen molar-refractivity contribution in [3.63, 3.8) is 0 Å². The fourth-order valence-corrected chi connectivity index (χ4v) is 3.75. The summed E-state index contributed by atoms with van der Waals surface area (Å²) in [4.78, 5) is 35.0. The highest BCUT2D eigenvalue weighted by molar-refractivity contribution is 7.99. The van der Waals surface area contributed by atoms with Gasteiger partial charge in [0.25, 0.3) is 5.56 Å². The number of aromatic nitrogens is 2. The van der Waals surface area contributed by atoms with Crippen LogP contribution in [0.2, 0.25) is 0 Å². The number of hydrogen-bond acceptors (Lipinski definition) is 5. The minimum absolute atomic E-state index is 0.0867. The van der Waals surface area contributed by atoms with Crippen LogP contribution < -0.4 is 5.56 Å². The lowest BCUT2D eigenvalue weighted by Gasteiger charge is -2.34. The summed E-state index contributed by atoms with van der Waals surface area (Å²) in [6, 6.07) is 11.7. The lowest BCUT2D eigenvalue weighted by molar-refractivity contribution is -0.130. The summed E-state index contributed by atoms with van der Waals surface area (Å²) >= 11 is 1.28. The summed E-state index contributed by atoms with van der Waals surface area (Å²) in [5.74, 6) is 0.379. The van der Waals surface area contributed by atoms with E-state index in [0.29, 0.717) is 16.6 Å². The first-order valence-electron chi connectivity index (χ1n) is 9.02. The molecule has 1 N–H and O–H groups in total. The third-order valence-electron chi connectivity index (χ3n) is 4.38. The highest BCUT2D eigenvalue weighted by Gasteiger charge is 2.20. The van der Waals surface area contributed by atoms with Crippen molar-refractivity contribution in [1.82, 2.24) is 19.8 Å². The van der Waals surface area contributed by atoms with Crippen LogP contribution in [0.1, 0.15) is 11.3 Å². The Hall–Kier alpha value is -2.38. The zero-order valence-corrected chi connectivity index (χ0v) is 16.2. The Morgan fingerprint density at radius 3 is 2.67 bits per heavy atom. The first kappa shape index (κ1) is 19.4. The van der Waals surface area contributed by atoms with Gasteiger partial charge in [0.05, 0.1) is 5.75 Å². The molecule has 142 valence electrons. The first-order valence-corrected chi connectivity index (χ1v) is 10.0. The molecule has 0 spiro atoms. The van der Waals surface area contributed by atoms with Crippen LogP contribution in [0.4, 0.5) is 0 Å². The zero-order chi connectivity index (χ0) is 19.1. The molecule has 1 aliphatic heterocycles. The molecule has 0 saturated carbocycles. The van der Waals surface area contributed by atoms with Crippen molar-refractivity contribution in [1.29, 1.82) is 0 Å². The van der Waals surface area contributed by atoms with Crippen LogP contribution in [0.15, 0.2) is 52.4 Å². The number of amides is 1. The fourth-order valence-electron chi connectivity index (χ4n) is 2.92. The van der Waals surface area contributed by atoms with Gasteiger partial charge in [0, 0.05) is 44.5 Å². The van der Waals surface area contributed by atoms with Crippen molar-refractivity contribution >= 4 is 23.7 Å². The average molecular weight is 385 g/mol. The molecular formula is C20H24N4O2S. The second-order valence-corrected chi connectivity index (χ2v) is 7.44. The fraction of sp³-hybridized carbons (Fsp3) is 0.350. The monoisotopic (exact) mass is 384 g/mol. The quantitative estimate of drug-likeness (QED) is 0.610. The van der Waals surface area contributed by atoms with E-state index in [1.54, 1.807) is 6.92 Å². The number of aryl methyl sites for hydroxylation is 1. The minimum Gasteiger partial charge on any atom is -0.339 e. The molecule has 7 heteroatoms. The second-order valence-electron chi connectivity index (χ2n) is 6.48. The number of aromatic amines is 1. The largest absolute Gasteiger partial charge is 0.339 e. The molecule has 0 bridgehead atoms. The summed E-state index contributed by atoms with van der Waals surface area (Å²) in [6.07, 6.45) is 4.30. The molecule has 3 rings (SSSR count). The van der Waals surface area contributed by atoms with Gasteiger partial charge < -0.3 is 9.88 Å². The SMILES string of the molecule is Cc1cc(=O)[nH]c(SCC(=O)N2CCN(C/C=C\c3ccccc3)CC2)n1. The number of carbonyl (C=O) groups is 1.